The van der Waals surface area contributed by atoms with Gasteiger partial charge in [0.15, 0.2) is 0 Å². The number of aryl methyl sites for hydroxylation is 2. The van der Waals surface area contributed by atoms with Gasteiger partial charge in [-0.25, -0.2) is 4.98 Å². The Labute approximate surface area is 150 Å². The highest BCUT2D eigenvalue weighted by Crippen LogP contribution is 2.28. The van der Waals surface area contributed by atoms with E-state index in [4.69, 9.17) is 0 Å². The average Bonchev–Trinajstić information content (AvgIpc) is 2.64. The van der Waals surface area contributed by atoms with Crippen molar-refractivity contribution in [1.29, 1.82) is 5.26 Å². The second-order valence-electron chi connectivity index (χ2n) is 5.49. The standard InChI is InChI=1S/C20H17N3.C2H6/c1-14-7-6-10-18(11-14)23-20-17(13-21)12-19(15(2)22-20)16-8-4-3-5-9-16;1-2/h3-12H,1-2H3,(H,22,23);1-2H3. The van der Waals surface area contributed by atoms with Crippen molar-refractivity contribution in [3.05, 3.63) is 77.5 Å². The number of aromatic nitrogens is 1. The van der Waals surface area contributed by atoms with E-state index in [0.29, 0.717) is 11.4 Å². The van der Waals surface area contributed by atoms with E-state index < -0.39 is 0 Å². The van der Waals surface area contributed by atoms with Gasteiger partial charge in [0, 0.05) is 16.9 Å². The van der Waals surface area contributed by atoms with Crippen molar-refractivity contribution < 1.29 is 0 Å². The molecule has 3 nitrogen and oxygen atoms in total. The van der Waals surface area contributed by atoms with Gasteiger partial charge in [0.2, 0.25) is 0 Å². The van der Waals surface area contributed by atoms with E-state index in [-0.39, 0.29) is 0 Å². The second-order valence-corrected chi connectivity index (χ2v) is 5.49. The van der Waals surface area contributed by atoms with Crippen LogP contribution in [0, 0.1) is 25.2 Å². The molecule has 0 aliphatic rings. The van der Waals surface area contributed by atoms with Crippen molar-refractivity contribution in [3.8, 4) is 17.2 Å². The monoisotopic (exact) mass is 329 g/mol. The van der Waals surface area contributed by atoms with Gasteiger partial charge in [0.25, 0.3) is 0 Å². The number of benzene rings is 2. The van der Waals surface area contributed by atoms with E-state index in [1.54, 1.807) is 0 Å². The highest BCUT2D eigenvalue weighted by atomic mass is 15.0. The summed E-state index contributed by atoms with van der Waals surface area (Å²) in [5.41, 5.74) is 5.57. The molecule has 0 unspecified atom stereocenters. The average molecular weight is 329 g/mol. The summed E-state index contributed by atoms with van der Waals surface area (Å²) in [6, 6.07) is 22.2. The van der Waals surface area contributed by atoms with Crippen molar-refractivity contribution in [1.82, 2.24) is 4.98 Å². The van der Waals surface area contributed by atoms with Crippen LogP contribution < -0.4 is 5.32 Å². The first kappa shape index (κ1) is 18.2. The molecule has 0 saturated carbocycles. The molecule has 126 valence electrons. The molecule has 1 heterocycles. The van der Waals surface area contributed by atoms with Crippen molar-refractivity contribution in [3.63, 3.8) is 0 Å². The zero-order valence-electron chi connectivity index (χ0n) is 15.2. The minimum absolute atomic E-state index is 0.538. The Morgan fingerprint density at radius 2 is 1.64 bits per heavy atom. The van der Waals surface area contributed by atoms with E-state index in [9.17, 15) is 5.26 Å². The fourth-order valence-corrected chi connectivity index (χ4v) is 2.56. The van der Waals surface area contributed by atoms with Crippen LogP contribution >= 0.6 is 0 Å². The maximum atomic E-state index is 9.48. The predicted molar refractivity (Wildman–Crippen MR) is 105 cm³/mol. The lowest BCUT2D eigenvalue weighted by Gasteiger charge is -2.12. The van der Waals surface area contributed by atoms with Gasteiger partial charge in [0.05, 0.1) is 5.56 Å². The lowest BCUT2D eigenvalue weighted by molar-refractivity contribution is 1.19. The zero-order chi connectivity index (χ0) is 18.2. The first-order chi connectivity index (χ1) is 12.2. The molecule has 25 heavy (non-hydrogen) atoms. The number of anilines is 2. The van der Waals surface area contributed by atoms with Gasteiger partial charge in [0.1, 0.15) is 11.9 Å². The minimum atomic E-state index is 0.538. The summed E-state index contributed by atoms with van der Waals surface area (Å²) in [7, 11) is 0. The van der Waals surface area contributed by atoms with Crippen LogP contribution in [0.2, 0.25) is 0 Å². The normalized spacial score (nSPS) is 9.56. The number of hydrogen-bond acceptors (Lipinski definition) is 3. The summed E-state index contributed by atoms with van der Waals surface area (Å²) in [5.74, 6) is 0.593. The highest BCUT2D eigenvalue weighted by Gasteiger charge is 2.11. The van der Waals surface area contributed by atoms with Gasteiger partial charge in [-0.05, 0) is 43.2 Å². The van der Waals surface area contributed by atoms with E-state index in [2.05, 4.69) is 16.4 Å². The number of pyridine rings is 1. The molecule has 0 bridgehead atoms. The molecule has 0 atom stereocenters. The third-order valence-electron chi connectivity index (χ3n) is 3.70. The van der Waals surface area contributed by atoms with Gasteiger partial charge in [-0.1, -0.05) is 56.3 Å². The Kier molecular flexibility index (Phi) is 6.31. The Bertz CT molecular complexity index is 878. The SMILES string of the molecule is CC.Cc1cccc(Nc2nc(C)c(-c3ccccc3)cc2C#N)c1. The molecule has 0 saturated heterocycles. The summed E-state index contributed by atoms with van der Waals surface area (Å²) < 4.78 is 0. The smallest absolute Gasteiger partial charge is 0.148 e. The first-order valence-corrected chi connectivity index (χ1v) is 8.48. The van der Waals surface area contributed by atoms with Crippen molar-refractivity contribution in [2.45, 2.75) is 27.7 Å². The lowest BCUT2D eigenvalue weighted by Crippen LogP contribution is -2.00. The molecular weight excluding hydrogens is 306 g/mol. The summed E-state index contributed by atoms with van der Waals surface area (Å²) in [5, 5.41) is 12.7. The third kappa shape index (κ3) is 4.45. The Hall–Kier alpha value is -3.12. The van der Waals surface area contributed by atoms with Crippen molar-refractivity contribution >= 4 is 11.5 Å². The Morgan fingerprint density at radius 1 is 0.920 bits per heavy atom. The van der Waals surface area contributed by atoms with Crippen LogP contribution in [0.1, 0.15) is 30.7 Å². The number of nitriles is 1. The molecule has 2 aromatic carbocycles. The Balaban J connectivity index is 0.00000109. The van der Waals surface area contributed by atoms with Crippen molar-refractivity contribution in [2.24, 2.45) is 0 Å². The quantitative estimate of drug-likeness (QED) is 0.640. The van der Waals surface area contributed by atoms with E-state index in [1.807, 2.05) is 88.4 Å². The third-order valence-corrected chi connectivity index (χ3v) is 3.70. The molecule has 3 aromatic rings. The van der Waals surface area contributed by atoms with E-state index in [0.717, 1.165) is 28.1 Å². The van der Waals surface area contributed by atoms with Gasteiger partial charge in [-0.15, -0.1) is 0 Å². The largest absolute Gasteiger partial charge is 0.339 e. The number of hydrogen-bond donors (Lipinski definition) is 1. The molecule has 0 aliphatic carbocycles. The van der Waals surface area contributed by atoms with E-state index >= 15 is 0 Å². The van der Waals surface area contributed by atoms with Crippen LogP contribution in [0.4, 0.5) is 11.5 Å². The molecule has 3 heteroatoms. The summed E-state index contributed by atoms with van der Waals surface area (Å²) in [4.78, 5) is 4.61. The van der Waals surface area contributed by atoms with E-state index in [1.165, 1.54) is 0 Å². The molecule has 3 rings (SSSR count). The molecule has 1 N–H and O–H groups in total. The summed E-state index contributed by atoms with van der Waals surface area (Å²) in [6.45, 7) is 8.00. The Morgan fingerprint density at radius 3 is 2.28 bits per heavy atom. The molecule has 0 spiro atoms. The maximum absolute atomic E-state index is 9.48. The van der Waals surface area contributed by atoms with Gasteiger partial charge >= 0.3 is 0 Å². The van der Waals surface area contributed by atoms with Crippen molar-refractivity contribution in [2.75, 3.05) is 5.32 Å². The number of rotatable bonds is 3. The molecule has 0 aliphatic heterocycles. The summed E-state index contributed by atoms with van der Waals surface area (Å²) >= 11 is 0. The van der Waals surface area contributed by atoms with Crippen LogP contribution in [0.3, 0.4) is 0 Å². The van der Waals surface area contributed by atoms with Crippen LogP contribution in [0.15, 0.2) is 60.7 Å². The number of nitrogens with one attached hydrogen (secondary N) is 1. The molecule has 1 aromatic heterocycles. The van der Waals surface area contributed by atoms with Crippen LogP contribution in [0.25, 0.3) is 11.1 Å². The topological polar surface area (TPSA) is 48.7 Å². The number of nitrogens with zero attached hydrogens (tertiary/aromatic N) is 2. The lowest BCUT2D eigenvalue weighted by atomic mass is 10.0. The van der Waals surface area contributed by atoms with Gasteiger partial charge < -0.3 is 5.32 Å². The summed E-state index contributed by atoms with van der Waals surface area (Å²) in [6.07, 6.45) is 0. The second kappa shape index (κ2) is 8.65. The van der Waals surface area contributed by atoms with Crippen LogP contribution in [-0.2, 0) is 0 Å². The van der Waals surface area contributed by atoms with Gasteiger partial charge in [-0.2, -0.15) is 5.26 Å². The highest BCUT2D eigenvalue weighted by molar-refractivity contribution is 5.72. The molecule has 0 amide bonds. The van der Waals surface area contributed by atoms with Crippen LogP contribution in [-0.4, -0.2) is 4.98 Å². The zero-order valence-corrected chi connectivity index (χ0v) is 15.2. The maximum Gasteiger partial charge on any atom is 0.148 e. The molecule has 0 fully saturated rings. The minimum Gasteiger partial charge on any atom is -0.339 e. The predicted octanol–water partition coefficient (Wildman–Crippen LogP) is 6.01. The van der Waals surface area contributed by atoms with Crippen LogP contribution in [0.5, 0.6) is 0 Å². The fraction of sp³-hybridized carbons (Fsp3) is 0.182. The van der Waals surface area contributed by atoms with Gasteiger partial charge in [-0.3, -0.25) is 0 Å². The molecule has 0 radical (unpaired) electrons. The molecular formula is C22H23N3. The first-order valence-electron chi connectivity index (χ1n) is 8.48. The fourth-order valence-electron chi connectivity index (χ4n) is 2.56.